The number of pyridine rings is 1. The van der Waals surface area contributed by atoms with Gasteiger partial charge in [-0.15, -0.1) is 0 Å². The van der Waals surface area contributed by atoms with Crippen molar-refractivity contribution in [1.29, 1.82) is 0 Å². The van der Waals surface area contributed by atoms with Gasteiger partial charge in [-0.3, -0.25) is 29.4 Å². The highest BCUT2D eigenvalue weighted by molar-refractivity contribution is 6.31. The molecule has 4 aromatic rings. The zero-order valence-electron chi connectivity index (χ0n) is 30.1. The van der Waals surface area contributed by atoms with Crippen LogP contribution in [0.1, 0.15) is 55.6 Å². The summed E-state index contributed by atoms with van der Waals surface area (Å²) < 4.78 is 23.1. The summed E-state index contributed by atoms with van der Waals surface area (Å²) in [4.78, 5) is 53.8. The van der Waals surface area contributed by atoms with E-state index in [4.69, 9.17) is 16.3 Å². The van der Waals surface area contributed by atoms with E-state index in [1.807, 2.05) is 47.4 Å². The lowest BCUT2D eigenvalue weighted by Gasteiger charge is -2.36. The van der Waals surface area contributed by atoms with E-state index in [1.54, 1.807) is 32.5 Å². The van der Waals surface area contributed by atoms with Gasteiger partial charge in [-0.1, -0.05) is 35.9 Å². The van der Waals surface area contributed by atoms with Crippen molar-refractivity contribution in [2.24, 2.45) is 13.0 Å². The topological polar surface area (TPSA) is 113 Å². The maximum Gasteiger partial charge on any atom is 0.258 e. The van der Waals surface area contributed by atoms with E-state index in [1.165, 1.54) is 4.57 Å². The van der Waals surface area contributed by atoms with Gasteiger partial charge in [0, 0.05) is 60.0 Å². The van der Waals surface area contributed by atoms with Gasteiger partial charge in [0.1, 0.15) is 17.6 Å². The fourth-order valence-corrected chi connectivity index (χ4v) is 8.48. The summed E-state index contributed by atoms with van der Waals surface area (Å²) in [6, 6.07) is 16.1. The largest absolute Gasteiger partial charge is 0.496 e. The number of fused-ring (bicyclic) bond motifs is 1. The van der Waals surface area contributed by atoms with E-state index in [0.29, 0.717) is 66.2 Å². The standard InChI is InChI=1S/C41H45ClFN5O5/c1-46-23-33(30-5-3-4-6-31(30)41(46)52)27-20-35(43)32(37(21-27)53-2)19-25-11-15-47(16-12-25)24-39(50)48-17-13-26(14-18-48)29-8-7-28(22-34(29)42)44-36-9-10-38(49)45-40(36)51/h3-8,20-23,25-26,36,44H,9-19,24H2,1-2H3,(H,45,49,51). The van der Waals surface area contributed by atoms with Gasteiger partial charge in [0.2, 0.25) is 17.7 Å². The normalized spacial score (nSPS) is 19.0. The van der Waals surface area contributed by atoms with Crippen LogP contribution in [0.25, 0.3) is 21.9 Å². The molecule has 2 N–H and O–H groups in total. The molecule has 0 radical (unpaired) electrons. The first kappa shape index (κ1) is 36.6. The van der Waals surface area contributed by atoms with E-state index < -0.39 is 6.04 Å². The number of amides is 3. The molecule has 1 atom stereocenters. The van der Waals surface area contributed by atoms with Gasteiger partial charge in [0.05, 0.1) is 13.7 Å². The highest BCUT2D eigenvalue weighted by Crippen LogP contribution is 2.37. The summed E-state index contributed by atoms with van der Waals surface area (Å²) in [6.07, 6.45) is 6.40. The van der Waals surface area contributed by atoms with Crippen LogP contribution in [0.15, 0.2) is 65.6 Å². The number of halogens is 2. The second-order valence-corrected chi connectivity index (χ2v) is 15.0. The lowest BCUT2D eigenvalue weighted by molar-refractivity contribution is -0.134. The highest BCUT2D eigenvalue weighted by atomic mass is 35.5. The maximum absolute atomic E-state index is 15.8. The van der Waals surface area contributed by atoms with Crippen molar-refractivity contribution in [2.75, 3.05) is 45.2 Å². The van der Waals surface area contributed by atoms with Crippen LogP contribution in [-0.2, 0) is 27.9 Å². The van der Waals surface area contributed by atoms with Crippen LogP contribution in [0.3, 0.4) is 0 Å². The van der Waals surface area contributed by atoms with E-state index >= 15 is 4.39 Å². The number of benzene rings is 3. The molecule has 1 unspecified atom stereocenters. The first-order valence-corrected chi connectivity index (χ1v) is 18.8. The number of hydrogen-bond acceptors (Lipinski definition) is 7. The van der Waals surface area contributed by atoms with Gasteiger partial charge in [0.15, 0.2) is 0 Å². The molecule has 1 aromatic heterocycles. The number of piperidine rings is 3. The summed E-state index contributed by atoms with van der Waals surface area (Å²) in [5.74, 6) is 0.235. The predicted octanol–water partition coefficient (Wildman–Crippen LogP) is 5.88. The molecule has 3 saturated heterocycles. The molecule has 278 valence electrons. The fraction of sp³-hybridized carbons (Fsp3) is 0.415. The summed E-state index contributed by atoms with van der Waals surface area (Å²) in [5.41, 5.74) is 3.67. The first-order chi connectivity index (χ1) is 25.6. The van der Waals surface area contributed by atoms with Crippen LogP contribution < -0.4 is 20.9 Å². The monoisotopic (exact) mass is 741 g/mol. The van der Waals surface area contributed by atoms with Crippen LogP contribution in [0.4, 0.5) is 10.1 Å². The summed E-state index contributed by atoms with van der Waals surface area (Å²) in [5, 5.41) is 7.53. The average molecular weight is 742 g/mol. The number of nitrogens with one attached hydrogen (secondary N) is 2. The van der Waals surface area contributed by atoms with Crippen LogP contribution in [0.2, 0.25) is 5.02 Å². The van der Waals surface area contributed by atoms with Gasteiger partial charge in [-0.05, 0) is 110 Å². The second kappa shape index (κ2) is 15.7. The van der Waals surface area contributed by atoms with Crippen molar-refractivity contribution < 1.29 is 23.5 Å². The second-order valence-electron chi connectivity index (χ2n) is 14.6. The van der Waals surface area contributed by atoms with Crippen molar-refractivity contribution in [1.82, 2.24) is 19.7 Å². The molecule has 0 saturated carbocycles. The lowest BCUT2D eigenvalue weighted by atomic mass is 9.88. The maximum atomic E-state index is 15.8. The molecule has 0 aliphatic carbocycles. The molecule has 0 bridgehead atoms. The number of anilines is 1. The van der Waals surface area contributed by atoms with Gasteiger partial charge >= 0.3 is 0 Å². The third kappa shape index (κ3) is 7.96. The van der Waals surface area contributed by atoms with E-state index in [9.17, 15) is 19.2 Å². The van der Waals surface area contributed by atoms with Crippen LogP contribution >= 0.6 is 11.6 Å². The number of likely N-dealkylation sites (tertiary alicyclic amines) is 2. The number of aromatic nitrogens is 1. The van der Waals surface area contributed by atoms with Gasteiger partial charge in [0.25, 0.3) is 5.56 Å². The Kier molecular flexibility index (Phi) is 10.8. The summed E-state index contributed by atoms with van der Waals surface area (Å²) in [6.45, 7) is 3.24. The minimum atomic E-state index is -0.471. The van der Waals surface area contributed by atoms with E-state index in [-0.39, 0.29) is 40.9 Å². The Hall–Kier alpha value is -4.74. The Bertz CT molecular complexity index is 2100. The van der Waals surface area contributed by atoms with E-state index in [2.05, 4.69) is 15.5 Å². The molecule has 0 spiro atoms. The van der Waals surface area contributed by atoms with E-state index in [0.717, 1.165) is 61.0 Å². The van der Waals surface area contributed by atoms with Crippen LogP contribution in [0, 0.1) is 11.7 Å². The highest BCUT2D eigenvalue weighted by Gasteiger charge is 2.30. The van der Waals surface area contributed by atoms with Crippen LogP contribution in [-0.4, -0.2) is 78.0 Å². The molecule has 4 heterocycles. The zero-order valence-corrected chi connectivity index (χ0v) is 30.9. The number of rotatable bonds is 9. The smallest absolute Gasteiger partial charge is 0.258 e. The zero-order chi connectivity index (χ0) is 37.2. The fourth-order valence-electron chi connectivity index (χ4n) is 8.14. The Labute approximate surface area is 313 Å². The third-order valence-electron chi connectivity index (χ3n) is 11.2. The van der Waals surface area contributed by atoms with Crippen molar-refractivity contribution in [3.05, 3.63) is 93.1 Å². The molecule has 3 fully saturated rings. The number of imide groups is 1. The summed E-state index contributed by atoms with van der Waals surface area (Å²) in [7, 11) is 3.26. The van der Waals surface area contributed by atoms with Gasteiger partial charge in [-0.2, -0.15) is 0 Å². The summed E-state index contributed by atoms with van der Waals surface area (Å²) >= 11 is 6.70. The van der Waals surface area contributed by atoms with Gasteiger partial charge < -0.3 is 19.5 Å². The Morgan fingerprint density at radius 1 is 0.962 bits per heavy atom. The molecule has 3 amide bonds. The molecule has 12 heteroatoms. The van der Waals surface area contributed by atoms with Crippen molar-refractivity contribution in [3.63, 3.8) is 0 Å². The minimum Gasteiger partial charge on any atom is -0.496 e. The molecule has 7 rings (SSSR count). The number of ether oxygens (including phenoxy) is 1. The number of hydrogen-bond donors (Lipinski definition) is 2. The third-order valence-corrected chi connectivity index (χ3v) is 11.5. The molecular weight excluding hydrogens is 697 g/mol. The van der Waals surface area contributed by atoms with Crippen molar-refractivity contribution in [2.45, 2.75) is 56.9 Å². The lowest BCUT2D eigenvalue weighted by Crippen LogP contribution is -2.47. The quantitative estimate of drug-likeness (QED) is 0.206. The van der Waals surface area contributed by atoms with Crippen molar-refractivity contribution >= 4 is 45.8 Å². The van der Waals surface area contributed by atoms with Crippen molar-refractivity contribution in [3.8, 4) is 16.9 Å². The minimum absolute atomic E-state index is 0.0985. The molecule has 10 nitrogen and oxygen atoms in total. The Morgan fingerprint density at radius 2 is 1.70 bits per heavy atom. The average Bonchev–Trinajstić information content (AvgIpc) is 3.16. The molecule has 3 aromatic carbocycles. The molecule has 53 heavy (non-hydrogen) atoms. The Morgan fingerprint density at radius 3 is 2.40 bits per heavy atom. The number of aryl methyl sites for hydroxylation is 1. The van der Waals surface area contributed by atoms with Crippen LogP contribution in [0.5, 0.6) is 5.75 Å². The predicted molar refractivity (Wildman–Crippen MR) is 204 cm³/mol. The molecular formula is C41H45ClFN5O5. The number of carbonyl (C=O) groups excluding carboxylic acids is 3. The first-order valence-electron chi connectivity index (χ1n) is 18.4. The SMILES string of the molecule is COc1cc(-c2cn(C)c(=O)c3ccccc23)cc(F)c1CC1CCN(CC(=O)N2CCC(c3ccc(NC4CCC(=O)NC4=O)cc3Cl)CC2)CC1. The Balaban J connectivity index is 0.903. The van der Waals surface area contributed by atoms with Gasteiger partial charge in [-0.25, -0.2) is 4.39 Å². The number of carbonyl (C=O) groups is 3. The molecule has 3 aliphatic heterocycles. The molecule has 3 aliphatic rings. The number of methoxy groups -OCH3 is 1. The number of nitrogens with zero attached hydrogens (tertiary/aromatic N) is 3.